The van der Waals surface area contributed by atoms with Crippen LogP contribution in [-0.2, 0) is 9.59 Å². The lowest BCUT2D eigenvalue weighted by Gasteiger charge is -2.13. The van der Waals surface area contributed by atoms with E-state index in [1.807, 2.05) is 0 Å². The molecule has 1 unspecified atom stereocenters. The molecule has 0 saturated heterocycles. The molecule has 148 valence electrons. The Hall–Kier alpha value is -3.74. The summed E-state index contributed by atoms with van der Waals surface area (Å²) in [6.07, 6.45) is 9.12. The van der Waals surface area contributed by atoms with Crippen LogP contribution >= 0.6 is 0 Å². The Morgan fingerprint density at radius 2 is 1.76 bits per heavy atom. The van der Waals surface area contributed by atoms with Gasteiger partial charge >= 0.3 is 0 Å². The second-order valence-corrected chi connectivity index (χ2v) is 6.70. The van der Waals surface area contributed by atoms with E-state index < -0.39 is 10.8 Å². The normalized spacial score (nSPS) is 15.4. The van der Waals surface area contributed by atoms with Gasteiger partial charge in [-0.3, -0.25) is 19.7 Å². The molecule has 7 heteroatoms. The molecular formula is C22H21N3O4. The fourth-order valence-electron chi connectivity index (χ4n) is 3.14. The number of nitro benzene ring substituents is 1. The second-order valence-electron chi connectivity index (χ2n) is 6.70. The molecule has 3 rings (SSSR count). The molecule has 2 N–H and O–H groups in total. The molecule has 7 nitrogen and oxygen atoms in total. The Morgan fingerprint density at radius 3 is 2.45 bits per heavy atom. The third-order valence-electron chi connectivity index (χ3n) is 4.57. The van der Waals surface area contributed by atoms with E-state index in [0.29, 0.717) is 23.4 Å². The fourth-order valence-corrected chi connectivity index (χ4v) is 3.14. The van der Waals surface area contributed by atoms with E-state index in [4.69, 9.17) is 0 Å². The number of allylic oxidation sites excluding steroid dienone is 2. The summed E-state index contributed by atoms with van der Waals surface area (Å²) in [6, 6.07) is 13.1. The van der Waals surface area contributed by atoms with Crippen LogP contribution in [0.5, 0.6) is 0 Å². The maximum absolute atomic E-state index is 12.3. The van der Waals surface area contributed by atoms with Gasteiger partial charge in [-0.05, 0) is 43.0 Å². The van der Waals surface area contributed by atoms with Gasteiger partial charge in [0.2, 0.25) is 11.8 Å². The van der Waals surface area contributed by atoms with Crippen LogP contribution in [0.4, 0.5) is 17.1 Å². The van der Waals surface area contributed by atoms with E-state index in [2.05, 4.69) is 22.8 Å². The Balaban J connectivity index is 1.65. The van der Waals surface area contributed by atoms with Crippen molar-refractivity contribution in [1.29, 1.82) is 0 Å². The van der Waals surface area contributed by atoms with Crippen LogP contribution in [0.3, 0.4) is 0 Å². The van der Waals surface area contributed by atoms with Crippen LogP contribution < -0.4 is 10.6 Å². The number of nitrogens with one attached hydrogen (secondary N) is 2. The standard InChI is InChI=1S/C22H21N3O4/c26-21(14-13-17-9-3-6-12-20(17)25(28)29)23-18-10-4-5-11-19(18)24-22(27)15-16-7-1-2-8-16/h1,3-7,9-14,16H,2,8,15H2,(H,23,26)(H,24,27)/b14-13+. The Bertz CT molecular complexity index is 982. The summed E-state index contributed by atoms with van der Waals surface area (Å²) in [5, 5.41) is 16.6. The zero-order valence-corrected chi connectivity index (χ0v) is 15.7. The number of nitrogens with zero attached hydrogens (tertiary/aromatic N) is 1. The van der Waals surface area contributed by atoms with Gasteiger partial charge in [-0.1, -0.05) is 36.4 Å². The molecule has 0 aromatic heterocycles. The molecule has 0 radical (unpaired) electrons. The predicted molar refractivity (Wildman–Crippen MR) is 112 cm³/mol. The van der Waals surface area contributed by atoms with Crippen molar-refractivity contribution < 1.29 is 14.5 Å². The topological polar surface area (TPSA) is 101 Å². The van der Waals surface area contributed by atoms with E-state index >= 15 is 0 Å². The number of rotatable bonds is 7. The molecular weight excluding hydrogens is 370 g/mol. The van der Waals surface area contributed by atoms with Crippen molar-refractivity contribution in [2.24, 2.45) is 5.92 Å². The molecule has 1 atom stereocenters. The van der Waals surface area contributed by atoms with Crippen molar-refractivity contribution in [2.75, 3.05) is 10.6 Å². The summed E-state index contributed by atoms with van der Waals surface area (Å²) in [5.74, 6) is -0.316. The first kappa shape index (κ1) is 20.0. The molecule has 29 heavy (non-hydrogen) atoms. The number of hydrogen-bond acceptors (Lipinski definition) is 4. The van der Waals surface area contributed by atoms with Crippen LogP contribution in [0.15, 0.2) is 66.8 Å². The highest BCUT2D eigenvalue weighted by Gasteiger charge is 2.15. The Morgan fingerprint density at radius 1 is 1.07 bits per heavy atom. The monoisotopic (exact) mass is 391 g/mol. The lowest BCUT2D eigenvalue weighted by Crippen LogP contribution is -2.17. The van der Waals surface area contributed by atoms with Crippen LogP contribution in [0, 0.1) is 16.0 Å². The van der Waals surface area contributed by atoms with E-state index in [-0.39, 0.29) is 17.5 Å². The van der Waals surface area contributed by atoms with Gasteiger partial charge in [-0.2, -0.15) is 0 Å². The number of carbonyl (C=O) groups is 2. The van der Waals surface area contributed by atoms with Gasteiger partial charge in [0.15, 0.2) is 0 Å². The molecule has 0 heterocycles. The van der Waals surface area contributed by atoms with Gasteiger partial charge in [-0.25, -0.2) is 0 Å². The highest BCUT2D eigenvalue weighted by atomic mass is 16.6. The summed E-state index contributed by atoms with van der Waals surface area (Å²) in [4.78, 5) is 35.1. The van der Waals surface area contributed by atoms with Gasteiger partial charge in [0, 0.05) is 18.6 Å². The van der Waals surface area contributed by atoms with Gasteiger partial charge in [0.1, 0.15) is 0 Å². The van der Waals surface area contributed by atoms with Crippen molar-refractivity contribution in [1.82, 2.24) is 0 Å². The minimum atomic E-state index is -0.498. The lowest BCUT2D eigenvalue weighted by molar-refractivity contribution is -0.385. The number of nitro groups is 1. The van der Waals surface area contributed by atoms with E-state index in [1.54, 1.807) is 42.5 Å². The summed E-state index contributed by atoms with van der Waals surface area (Å²) < 4.78 is 0. The number of para-hydroxylation sites is 3. The first-order valence-corrected chi connectivity index (χ1v) is 9.31. The molecule has 0 aliphatic heterocycles. The van der Waals surface area contributed by atoms with Gasteiger partial charge < -0.3 is 10.6 Å². The van der Waals surface area contributed by atoms with Crippen molar-refractivity contribution in [2.45, 2.75) is 19.3 Å². The summed E-state index contributed by atoms with van der Waals surface area (Å²) in [5.41, 5.74) is 1.22. The van der Waals surface area contributed by atoms with Crippen molar-refractivity contribution in [3.8, 4) is 0 Å². The number of amides is 2. The van der Waals surface area contributed by atoms with E-state index in [0.717, 1.165) is 12.8 Å². The smallest absolute Gasteiger partial charge is 0.276 e. The minimum absolute atomic E-state index is 0.0785. The number of anilines is 2. The number of hydrogen-bond donors (Lipinski definition) is 2. The zero-order valence-electron chi connectivity index (χ0n) is 15.7. The summed E-state index contributed by atoms with van der Waals surface area (Å²) in [7, 11) is 0. The third kappa shape index (κ3) is 5.62. The SMILES string of the molecule is O=C(/C=C/c1ccccc1[N+](=O)[O-])Nc1ccccc1NC(=O)CC1C=CCC1. The maximum atomic E-state index is 12.3. The quantitative estimate of drug-likeness (QED) is 0.313. The Labute approximate surface area is 168 Å². The highest BCUT2D eigenvalue weighted by molar-refractivity contribution is 6.05. The predicted octanol–water partition coefficient (Wildman–Crippen LogP) is 4.54. The summed E-state index contributed by atoms with van der Waals surface area (Å²) in [6.45, 7) is 0. The van der Waals surface area contributed by atoms with Gasteiger partial charge in [0.05, 0.1) is 21.9 Å². The van der Waals surface area contributed by atoms with Crippen LogP contribution in [0.25, 0.3) is 6.08 Å². The number of benzene rings is 2. The average molecular weight is 391 g/mol. The molecule has 1 aliphatic rings. The van der Waals surface area contributed by atoms with Crippen LogP contribution in [0.2, 0.25) is 0 Å². The largest absolute Gasteiger partial charge is 0.324 e. The summed E-state index contributed by atoms with van der Waals surface area (Å²) >= 11 is 0. The molecule has 0 fully saturated rings. The molecule has 0 spiro atoms. The van der Waals surface area contributed by atoms with Crippen molar-refractivity contribution in [3.05, 3.63) is 82.4 Å². The third-order valence-corrected chi connectivity index (χ3v) is 4.57. The zero-order chi connectivity index (χ0) is 20.6. The Kier molecular flexibility index (Phi) is 6.52. The molecule has 2 aromatic rings. The van der Waals surface area contributed by atoms with Gasteiger partial charge in [-0.15, -0.1) is 0 Å². The first-order chi connectivity index (χ1) is 14.0. The van der Waals surface area contributed by atoms with E-state index in [9.17, 15) is 19.7 Å². The molecule has 2 amide bonds. The fraction of sp³-hybridized carbons (Fsp3) is 0.182. The van der Waals surface area contributed by atoms with Crippen molar-refractivity contribution in [3.63, 3.8) is 0 Å². The average Bonchev–Trinajstić information content (AvgIpc) is 3.21. The molecule has 0 saturated carbocycles. The van der Waals surface area contributed by atoms with E-state index in [1.165, 1.54) is 18.2 Å². The molecule has 2 aromatic carbocycles. The van der Waals surface area contributed by atoms with Crippen molar-refractivity contribution >= 4 is 35.0 Å². The van der Waals surface area contributed by atoms with Gasteiger partial charge in [0.25, 0.3) is 5.69 Å². The molecule has 0 bridgehead atoms. The maximum Gasteiger partial charge on any atom is 0.276 e. The number of carbonyl (C=O) groups excluding carboxylic acids is 2. The molecule has 1 aliphatic carbocycles. The van der Waals surface area contributed by atoms with Crippen LogP contribution in [0.1, 0.15) is 24.8 Å². The minimum Gasteiger partial charge on any atom is -0.324 e. The van der Waals surface area contributed by atoms with Crippen LogP contribution in [-0.4, -0.2) is 16.7 Å². The lowest BCUT2D eigenvalue weighted by atomic mass is 10.0. The first-order valence-electron chi connectivity index (χ1n) is 9.31. The highest BCUT2D eigenvalue weighted by Crippen LogP contribution is 2.24. The second kappa shape index (κ2) is 9.45.